The van der Waals surface area contributed by atoms with Crippen molar-refractivity contribution in [2.75, 3.05) is 6.26 Å². The van der Waals surface area contributed by atoms with E-state index in [4.69, 9.17) is 0 Å². The first-order chi connectivity index (χ1) is 10.5. The molecule has 4 nitrogen and oxygen atoms in total. The highest BCUT2D eigenvalue weighted by Crippen LogP contribution is 2.33. The van der Waals surface area contributed by atoms with E-state index in [9.17, 15) is 19.8 Å². The minimum atomic E-state index is -1.53. The number of carboxylic acids is 2. The van der Waals surface area contributed by atoms with Gasteiger partial charge in [-0.3, -0.25) is 9.59 Å². The summed E-state index contributed by atoms with van der Waals surface area (Å²) in [4.78, 5) is 24.0. The van der Waals surface area contributed by atoms with Gasteiger partial charge in [0.25, 0.3) is 0 Å². The quantitative estimate of drug-likeness (QED) is 0.631. The lowest BCUT2D eigenvalue weighted by atomic mass is 9.80. The number of benzene rings is 2. The Morgan fingerprint density at radius 1 is 0.864 bits per heavy atom. The summed E-state index contributed by atoms with van der Waals surface area (Å²) in [7, 11) is 0. The van der Waals surface area contributed by atoms with Crippen LogP contribution in [-0.4, -0.2) is 28.4 Å². The lowest BCUT2D eigenvalue weighted by molar-refractivity contribution is -0.155. The SMILES string of the molecule is CSc1ccc([C@@H](c2ccccc2)C(C(=O)O)C(=O)O)cc1. The Labute approximate surface area is 132 Å². The molecule has 5 heteroatoms. The molecule has 0 aliphatic rings. The second kappa shape index (κ2) is 7.13. The normalized spacial score (nSPS) is 12.1. The first kappa shape index (κ1) is 16.1. The van der Waals surface area contributed by atoms with E-state index in [2.05, 4.69) is 0 Å². The van der Waals surface area contributed by atoms with Crippen molar-refractivity contribution in [3.05, 3.63) is 65.7 Å². The number of hydrogen-bond donors (Lipinski definition) is 2. The summed E-state index contributed by atoms with van der Waals surface area (Å²) in [6.07, 6.45) is 1.95. The van der Waals surface area contributed by atoms with Crippen LogP contribution < -0.4 is 0 Å². The maximum Gasteiger partial charge on any atom is 0.318 e. The van der Waals surface area contributed by atoms with Crippen molar-refractivity contribution >= 4 is 23.7 Å². The predicted octanol–water partition coefficient (Wildman–Crippen LogP) is 3.33. The third-order valence-electron chi connectivity index (χ3n) is 3.50. The van der Waals surface area contributed by atoms with Gasteiger partial charge in [0.1, 0.15) is 0 Å². The Morgan fingerprint density at radius 3 is 1.82 bits per heavy atom. The molecule has 2 rings (SSSR count). The third kappa shape index (κ3) is 3.49. The second-order valence-electron chi connectivity index (χ2n) is 4.82. The molecule has 0 heterocycles. The molecule has 22 heavy (non-hydrogen) atoms. The molecular weight excluding hydrogens is 300 g/mol. The maximum absolute atomic E-state index is 11.5. The second-order valence-corrected chi connectivity index (χ2v) is 5.70. The summed E-state index contributed by atoms with van der Waals surface area (Å²) in [5, 5.41) is 18.7. The minimum absolute atomic E-state index is 0.675. The first-order valence-corrected chi connectivity index (χ1v) is 7.91. The molecule has 0 aliphatic carbocycles. The zero-order valence-electron chi connectivity index (χ0n) is 12.0. The van der Waals surface area contributed by atoms with Gasteiger partial charge < -0.3 is 10.2 Å². The Morgan fingerprint density at radius 2 is 1.36 bits per heavy atom. The molecule has 0 fully saturated rings. The third-order valence-corrected chi connectivity index (χ3v) is 4.24. The molecule has 114 valence electrons. The van der Waals surface area contributed by atoms with Crippen molar-refractivity contribution < 1.29 is 19.8 Å². The van der Waals surface area contributed by atoms with E-state index in [1.165, 1.54) is 0 Å². The minimum Gasteiger partial charge on any atom is -0.481 e. The molecule has 0 spiro atoms. The topological polar surface area (TPSA) is 74.6 Å². The Bertz CT molecular complexity index is 638. The largest absolute Gasteiger partial charge is 0.481 e. The zero-order valence-corrected chi connectivity index (χ0v) is 12.8. The van der Waals surface area contributed by atoms with E-state index in [-0.39, 0.29) is 0 Å². The van der Waals surface area contributed by atoms with Crippen LogP contribution >= 0.6 is 11.8 Å². The summed E-state index contributed by atoms with van der Waals surface area (Å²) >= 11 is 1.57. The van der Waals surface area contributed by atoms with Crippen LogP contribution in [0.5, 0.6) is 0 Å². The van der Waals surface area contributed by atoms with Gasteiger partial charge in [-0.15, -0.1) is 11.8 Å². The standard InChI is InChI=1S/C17H16O4S/c1-22-13-9-7-12(8-10-13)14(11-5-3-2-4-6-11)15(16(18)19)17(20)21/h2-10,14-15H,1H3,(H,18,19)(H,20,21)/t14-/m1/s1. The van der Waals surface area contributed by atoms with Crippen LogP contribution in [0.1, 0.15) is 17.0 Å². The maximum atomic E-state index is 11.5. The van der Waals surface area contributed by atoms with Gasteiger partial charge in [0.2, 0.25) is 0 Å². The highest BCUT2D eigenvalue weighted by molar-refractivity contribution is 7.98. The van der Waals surface area contributed by atoms with Gasteiger partial charge in [-0.2, -0.15) is 0 Å². The van der Waals surface area contributed by atoms with Crippen molar-refractivity contribution in [2.45, 2.75) is 10.8 Å². The number of carbonyl (C=O) groups is 2. The smallest absolute Gasteiger partial charge is 0.318 e. The number of rotatable bonds is 6. The summed E-state index contributed by atoms with van der Waals surface area (Å²) in [6, 6.07) is 16.2. The van der Waals surface area contributed by atoms with Crippen LogP contribution in [0.3, 0.4) is 0 Å². The highest BCUT2D eigenvalue weighted by atomic mass is 32.2. The van der Waals surface area contributed by atoms with Gasteiger partial charge in [0.05, 0.1) is 0 Å². The monoisotopic (exact) mass is 316 g/mol. The van der Waals surface area contributed by atoms with Crippen LogP contribution in [0, 0.1) is 5.92 Å². The Hall–Kier alpha value is -2.27. The molecule has 0 saturated carbocycles. The average Bonchev–Trinajstić information content (AvgIpc) is 2.52. The molecule has 0 bridgehead atoms. The van der Waals surface area contributed by atoms with Crippen LogP contribution in [0.4, 0.5) is 0 Å². The molecule has 0 aliphatic heterocycles. The number of carboxylic acid groups (broad SMARTS) is 2. The van der Waals surface area contributed by atoms with Crippen molar-refractivity contribution in [2.24, 2.45) is 5.92 Å². The molecule has 0 amide bonds. The lowest BCUT2D eigenvalue weighted by Crippen LogP contribution is -2.30. The van der Waals surface area contributed by atoms with E-state index < -0.39 is 23.8 Å². The molecule has 1 atom stereocenters. The zero-order chi connectivity index (χ0) is 16.1. The molecule has 0 saturated heterocycles. The predicted molar refractivity (Wildman–Crippen MR) is 85.3 cm³/mol. The molecular formula is C17H16O4S. The van der Waals surface area contributed by atoms with E-state index in [0.29, 0.717) is 11.1 Å². The Kier molecular flexibility index (Phi) is 5.22. The fourth-order valence-electron chi connectivity index (χ4n) is 2.44. The van der Waals surface area contributed by atoms with Gasteiger partial charge >= 0.3 is 11.9 Å². The number of thioether (sulfide) groups is 1. The molecule has 2 aromatic carbocycles. The van der Waals surface area contributed by atoms with E-state index >= 15 is 0 Å². The van der Waals surface area contributed by atoms with Crippen molar-refractivity contribution in [3.63, 3.8) is 0 Å². The lowest BCUT2D eigenvalue weighted by Gasteiger charge is -2.22. The summed E-state index contributed by atoms with van der Waals surface area (Å²) in [6.45, 7) is 0. The molecule has 2 aromatic rings. The summed E-state index contributed by atoms with van der Waals surface area (Å²) < 4.78 is 0. The fraction of sp³-hybridized carbons (Fsp3) is 0.176. The van der Waals surface area contributed by atoms with E-state index in [1.54, 1.807) is 48.2 Å². The summed E-state index contributed by atoms with van der Waals surface area (Å²) in [5.74, 6) is -4.93. The first-order valence-electron chi connectivity index (χ1n) is 6.69. The van der Waals surface area contributed by atoms with Gasteiger partial charge in [-0.1, -0.05) is 42.5 Å². The van der Waals surface area contributed by atoms with Crippen LogP contribution in [0.25, 0.3) is 0 Å². The number of aliphatic carboxylic acids is 2. The van der Waals surface area contributed by atoms with Crippen LogP contribution in [0.2, 0.25) is 0 Å². The van der Waals surface area contributed by atoms with Crippen molar-refractivity contribution in [3.8, 4) is 0 Å². The fourth-order valence-corrected chi connectivity index (χ4v) is 2.85. The molecule has 0 unspecified atom stereocenters. The van der Waals surface area contributed by atoms with Crippen molar-refractivity contribution in [1.29, 1.82) is 0 Å². The van der Waals surface area contributed by atoms with Gasteiger partial charge in [-0.05, 0) is 29.5 Å². The van der Waals surface area contributed by atoms with Gasteiger partial charge in [-0.25, -0.2) is 0 Å². The summed E-state index contributed by atoms with van der Waals surface area (Å²) in [5.41, 5.74) is 1.35. The molecule has 0 aromatic heterocycles. The van der Waals surface area contributed by atoms with Gasteiger partial charge in [0, 0.05) is 10.8 Å². The highest BCUT2D eigenvalue weighted by Gasteiger charge is 2.36. The van der Waals surface area contributed by atoms with E-state index in [1.807, 2.05) is 24.5 Å². The van der Waals surface area contributed by atoms with Crippen LogP contribution in [-0.2, 0) is 9.59 Å². The number of hydrogen-bond acceptors (Lipinski definition) is 3. The average molecular weight is 316 g/mol. The molecule has 0 radical (unpaired) electrons. The van der Waals surface area contributed by atoms with Crippen molar-refractivity contribution in [1.82, 2.24) is 0 Å². The molecule has 2 N–H and O–H groups in total. The van der Waals surface area contributed by atoms with E-state index in [0.717, 1.165) is 4.90 Å². The van der Waals surface area contributed by atoms with Gasteiger partial charge in [0.15, 0.2) is 5.92 Å². The Balaban J connectivity index is 2.53. The van der Waals surface area contributed by atoms with Crippen LogP contribution in [0.15, 0.2) is 59.5 Å².